The molecule has 1 saturated carbocycles. The van der Waals surface area contributed by atoms with Gasteiger partial charge in [0.15, 0.2) is 0 Å². The maximum atomic E-state index is 12.9. The second-order valence-electron chi connectivity index (χ2n) is 3.84. The van der Waals surface area contributed by atoms with E-state index in [2.05, 4.69) is 0 Å². The summed E-state index contributed by atoms with van der Waals surface area (Å²) >= 11 is 0. The van der Waals surface area contributed by atoms with Gasteiger partial charge in [0.1, 0.15) is 5.60 Å². The summed E-state index contributed by atoms with van der Waals surface area (Å²) in [6.07, 6.45) is 3.99. The number of carbonyl (C=O) groups excluding carboxylic acids is 1. The standard InChI is InChI=1S/C9H13FO2/c10-7-6-9(12-8(7)11)4-2-1-3-5-9/h7H,1-6H2. The quantitative estimate of drug-likeness (QED) is 0.522. The predicted molar refractivity (Wildman–Crippen MR) is 41.4 cm³/mol. The molecule has 0 bridgehead atoms. The maximum absolute atomic E-state index is 12.9. The average Bonchev–Trinajstić information content (AvgIpc) is 2.29. The Morgan fingerprint density at radius 3 is 2.50 bits per heavy atom. The molecule has 1 saturated heterocycles. The van der Waals surface area contributed by atoms with E-state index in [1.807, 2.05) is 0 Å². The van der Waals surface area contributed by atoms with E-state index in [1.165, 1.54) is 6.42 Å². The first-order valence-electron chi connectivity index (χ1n) is 4.59. The van der Waals surface area contributed by atoms with Gasteiger partial charge in [-0.3, -0.25) is 0 Å². The molecule has 0 aromatic rings. The fourth-order valence-electron chi connectivity index (χ4n) is 2.23. The van der Waals surface area contributed by atoms with Gasteiger partial charge in [0.25, 0.3) is 0 Å². The Morgan fingerprint density at radius 2 is 2.00 bits per heavy atom. The van der Waals surface area contributed by atoms with Crippen molar-refractivity contribution in [3.05, 3.63) is 0 Å². The molecule has 1 heterocycles. The summed E-state index contributed by atoms with van der Waals surface area (Å²) in [5.41, 5.74) is -0.408. The van der Waals surface area contributed by atoms with Crippen LogP contribution in [0.3, 0.4) is 0 Å². The van der Waals surface area contributed by atoms with Gasteiger partial charge >= 0.3 is 5.97 Å². The van der Waals surface area contributed by atoms with E-state index in [0.29, 0.717) is 6.42 Å². The number of alkyl halides is 1. The number of esters is 1. The van der Waals surface area contributed by atoms with E-state index >= 15 is 0 Å². The molecule has 1 aliphatic heterocycles. The Bertz CT molecular complexity index is 197. The second kappa shape index (κ2) is 2.71. The molecule has 1 atom stereocenters. The van der Waals surface area contributed by atoms with Crippen molar-refractivity contribution < 1.29 is 13.9 Å². The van der Waals surface area contributed by atoms with Crippen molar-refractivity contribution in [1.82, 2.24) is 0 Å². The lowest BCUT2D eigenvalue weighted by Crippen LogP contribution is -2.30. The summed E-state index contributed by atoms with van der Waals surface area (Å²) in [5.74, 6) is -0.642. The lowest BCUT2D eigenvalue weighted by atomic mass is 9.83. The molecular weight excluding hydrogens is 159 g/mol. The van der Waals surface area contributed by atoms with E-state index in [4.69, 9.17) is 4.74 Å². The van der Waals surface area contributed by atoms with Crippen molar-refractivity contribution in [3.63, 3.8) is 0 Å². The SMILES string of the molecule is O=C1OC2(CCCCC2)CC1F. The Morgan fingerprint density at radius 1 is 1.33 bits per heavy atom. The van der Waals surface area contributed by atoms with Crippen molar-refractivity contribution in [1.29, 1.82) is 0 Å². The minimum atomic E-state index is -1.36. The number of halogens is 1. The number of ether oxygens (including phenoxy) is 1. The minimum Gasteiger partial charge on any atom is -0.457 e. The highest BCUT2D eigenvalue weighted by Crippen LogP contribution is 2.40. The lowest BCUT2D eigenvalue weighted by molar-refractivity contribution is -0.153. The van der Waals surface area contributed by atoms with Crippen LogP contribution in [-0.2, 0) is 9.53 Å². The molecule has 2 nitrogen and oxygen atoms in total. The van der Waals surface area contributed by atoms with Gasteiger partial charge in [-0.05, 0) is 25.7 Å². The molecule has 12 heavy (non-hydrogen) atoms. The summed E-state index contributed by atoms with van der Waals surface area (Å²) in [7, 11) is 0. The van der Waals surface area contributed by atoms with Crippen molar-refractivity contribution >= 4 is 5.97 Å². The molecular formula is C9H13FO2. The fourth-order valence-corrected chi connectivity index (χ4v) is 2.23. The average molecular weight is 172 g/mol. The summed E-state index contributed by atoms with van der Waals surface area (Å²) in [5, 5.41) is 0. The molecule has 2 fully saturated rings. The van der Waals surface area contributed by atoms with Crippen LogP contribution < -0.4 is 0 Å². The van der Waals surface area contributed by atoms with E-state index in [1.54, 1.807) is 0 Å². The van der Waals surface area contributed by atoms with Crippen LogP contribution in [0.5, 0.6) is 0 Å². The van der Waals surface area contributed by atoms with Gasteiger partial charge in [-0.25, -0.2) is 9.18 Å². The Hall–Kier alpha value is -0.600. The monoisotopic (exact) mass is 172 g/mol. The van der Waals surface area contributed by atoms with E-state index < -0.39 is 17.7 Å². The number of hydrogen-bond donors (Lipinski definition) is 0. The van der Waals surface area contributed by atoms with Crippen LogP contribution >= 0.6 is 0 Å². The molecule has 2 aliphatic rings. The van der Waals surface area contributed by atoms with Gasteiger partial charge in [-0.2, -0.15) is 0 Å². The first kappa shape index (κ1) is 8.02. The fraction of sp³-hybridized carbons (Fsp3) is 0.889. The molecule has 1 aliphatic carbocycles. The third-order valence-electron chi connectivity index (χ3n) is 2.89. The van der Waals surface area contributed by atoms with Crippen molar-refractivity contribution in [2.75, 3.05) is 0 Å². The van der Waals surface area contributed by atoms with Gasteiger partial charge in [-0.15, -0.1) is 0 Å². The lowest BCUT2D eigenvalue weighted by Gasteiger charge is -2.31. The Labute approximate surface area is 71.1 Å². The van der Waals surface area contributed by atoms with Crippen LogP contribution in [0.4, 0.5) is 4.39 Å². The van der Waals surface area contributed by atoms with Crippen molar-refractivity contribution in [2.45, 2.75) is 50.3 Å². The first-order valence-corrected chi connectivity index (χ1v) is 4.59. The van der Waals surface area contributed by atoms with Crippen LogP contribution in [0.1, 0.15) is 38.5 Å². The molecule has 68 valence electrons. The molecule has 1 spiro atoms. The van der Waals surface area contributed by atoms with Gasteiger partial charge in [0.05, 0.1) is 0 Å². The molecule has 2 rings (SSSR count). The largest absolute Gasteiger partial charge is 0.457 e. The molecule has 0 amide bonds. The normalized spacial score (nSPS) is 33.8. The first-order chi connectivity index (χ1) is 5.72. The van der Waals surface area contributed by atoms with Gasteiger partial charge in [0, 0.05) is 6.42 Å². The predicted octanol–water partition coefficient (Wildman–Crippen LogP) is 1.97. The highest BCUT2D eigenvalue weighted by atomic mass is 19.1. The summed E-state index contributed by atoms with van der Waals surface area (Å²) in [4.78, 5) is 10.9. The number of rotatable bonds is 0. The minimum absolute atomic E-state index is 0.297. The Balaban J connectivity index is 2.07. The highest BCUT2D eigenvalue weighted by molar-refractivity contribution is 5.77. The third-order valence-corrected chi connectivity index (χ3v) is 2.89. The van der Waals surface area contributed by atoms with Crippen LogP contribution in [0, 0.1) is 0 Å². The zero-order valence-electron chi connectivity index (χ0n) is 7.01. The highest BCUT2D eigenvalue weighted by Gasteiger charge is 2.47. The van der Waals surface area contributed by atoms with Crippen LogP contribution in [0.2, 0.25) is 0 Å². The third kappa shape index (κ3) is 1.21. The number of carbonyl (C=O) groups is 1. The number of hydrogen-bond acceptors (Lipinski definition) is 2. The zero-order valence-corrected chi connectivity index (χ0v) is 7.01. The molecule has 0 radical (unpaired) electrons. The van der Waals surface area contributed by atoms with E-state index in [-0.39, 0.29) is 0 Å². The van der Waals surface area contributed by atoms with E-state index in [9.17, 15) is 9.18 Å². The molecule has 3 heteroatoms. The van der Waals surface area contributed by atoms with Crippen LogP contribution in [-0.4, -0.2) is 17.7 Å². The second-order valence-corrected chi connectivity index (χ2v) is 3.84. The van der Waals surface area contributed by atoms with Gasteiger partial charge in [-0.1, -0.05) is 6.42 Å². The topological polar surface area (TPSA) is 26.3 Å². The Kier molecular flexibility index (Phi) is 1.81. The summed E-state index contributed by atoms with van der Waals surface area (Å²) in [6.45, 7) is 0. The summed E-state index contributed by atoms with van der Waals surface area (Å²) in [6, 6.07) is 0. The van der Waals surface area contributed by atoms with Gasteiger partial charge < -0.3 is 4.74 Å². The van der Waals surface area contributed by atoms with Crippen LogP contribution in [0.15, 0.2) is 0 Å². The van der Waals surface area contributed by atoms with E-state index in [0.717, 1.165) is 25.7 Å². The summed E-state index contributed by atoms with van der Waals surface area (Å²) < 4.78 is 18.0. The van der Waals surface area contributed by atoms with Crippen molar-refractivity contribution in [2.24, 2.45) is 0 Å². The van der Waals surface area contributed by atoms with Crippen LogP contribution in [0.25, 0.3) is 0 Å². The molecule has 0 aromatic carbocycles. The van der Waals surface area contributed by atoms with Crippen molar-refractivity contribution in [3.8, 4) is 0 Å². The molecule has 0 aromatic heterocycles. The maximum Gasteiger partial charge on any atom is 0.341 e. The van der Waals surface area contributed by atoms with Gasteiger partial charge in [0.2, 0.25) is 6.17 Å². The zero-order chi connectivity index (χ0) is 8.60. The molecule has 0 N–H and O–H groups in total. The molecule has 1 unspecified atom stereocenters. The smallest absolute Gasteiger partial charge is 0.341 e.